The first kappa shape index (κ1) is 18.4. The normalized spacial score (nSPS) is 10.8. The highest BCUT2D eigenvalue weighted by Gasteiger charge is 2.15. The molecular formula is C22H18N4O3. The van der Waals surface area contributed by atoms with Gasteiger partial charge in [0.15, 0.2) is 0 Å². The molecule has 4 rings (SSSR count). The number of aryl methyl sites for hydroxylation is 2. The topological polar surface area (TPSA) is 90.1 Å². The van der Waals surface area contributed by atoms with Crippen LogP contribution in [0.1, 0.15) is 21.7 Å². The van der Waals surface area contributed by atoms with Gasteiger partial charge in [-0.1, -0.05) is 24.3 Å². The zero-order valence-corrected chi connectivity index (χ0v) is 15.9. The number of fused-ring (bicyclic) bond motifs is 1. The lowest BCUT2D eigenvalue weighted by Gasteiger charge is -2.08. The average Bonchev–Trinajstić information content (AvgIpc) is 3.04. The number of rotatable bonds is 4. The molecule has 0 aliphatic heterocycles. The molecule has 0 bridgehead atoms. The number of nitrogens with one attached hydrogen (secondary N) is 1. The fourth-order valence-electron chi connectivity index (χ4n) is 3.33. The third-order valence-electron chi connectivity index (χ3n) is 4.76. The maximum atomic E-state index is 12.7. The highest BCUT2D eigenvalue weighted by Crippen LogP contribution is 2.25. The quantitative estimate of drug-likeness (QED) is 0.403. The van der Waals surface area contributed by atoms with Gasteiger partial charge in [0.2, 0.25) is 0 Å². The van der Waals surface area contributed by atoms with E-state index in [1.54, 1.807) is 31.2 Å². The van der Waals surface area contributed by atoms with E-state index in [1.165, 1.54) is 6.07 Å². The molecule has 4 aromatic rings. The van der Waals surface area contributed by atoms with Gasteiger partial charge in [-0.15, -0.1) is 0 Å². The van der Waals surface area contributed by atoms with E-state index in [0.717, 1.165) is 17.0 Å². The molecule has 0 fully saturated rings. The van der Waals surface area contributed by atoms with E-state index < -0.39 is 4.92 Å². The Labute approximate surface area is 166 Å². The zero-order chi connectivity index (χ0) is 20.5. The Morgan fingerprint density at radius 3 is 2.52 bits per heavy atom. The number of nitrogens with zero attached hydrogens (tertiary/aromatic N) is 3. The number of amides is 1. The number of anilines is 1. The van der Waals surface area contributed by atoms with Crippen LogP contribution >= 0.6 is 0 Å². The zero-order valence-electron chi connectivity index (χ0n) is 15.9. The van der Waals surface area contributed by atoms with Crippen LogP contribution in [0.2, 0.25) is 0 Å². The predicted octanol–water partition coefficient (Wildman–Crippen LogP) is 4.80. The Bertz CT molecular complexity index is 1250. The first-order chi connectivity index (χ1) is 13.9. The maximum Gasteiger partial charge on any atom is 0.274 e. The molecule has 0 radical (unpaired) electrons. The molecule has 0 unspecified atom stereocenters. The van der Waals surface area contributed by atoms with Crippen LogP contribution in [0.4, 0.5) is 11.4 Å². The minimum absolute atomic E-state index is 0.0320. The molecule has 29 heavy (non-hydrogen) atoms. The minimum Gasteiger partial charge on any atom is -0.322 e. The number of hydrogen-bond acceptors (Lipinski definition) is 4. The second-order valence-corrected chi connectivity index (χ2v) is 6.75. The summed E-state index contributed by atoms with van der Waals surface area (Å²) >= 11 is 0. The van der Waals surface area contributed by atoms with E-state index in [2.05, 4.69) is 10.3 Å². The van der Waals surface area contributed by atoms with Gasteiger partial charge in [-0.25, -0.2) is 4.98 Å². The van der Waals surface area contributed by atoms with Crippen molar-refractivity contribution in [2.75, 3.05) is 5.32 Å². The Kier molecular flexibility index (Phi) is 4.56. The maximum absolute atomic E-state index is 12.7. The van der Waals surface area contributed by atoms with Crippen molar-refractivity contribution in [3.8, 4) is 5.69 Å². The summed E-state index contributed by atoms with van der Waals surface area (Å²) in [6.07, 6.45) is 0. The van der Waals surface area contributed by atoms with Crippen molar-refractivity contribution in [1.82, 2.24) is 9.55 Å². The number of hydrogen-bond donors (Lipinski definition) is 1. The molecule has 1 aromatic heterocycles. The molecule has 3 aromatic carbocycles. The molecule has 7 nitrogen and oxygen atoms in total. The lowest BCUT2D eigenvalue weighted by molar-refractivity contribution is -0.385. The summed E-state index contributed by atoms with van der Waals surface area (Å²) in [6.45, 7) is 3.57. The van der Waals surface area contributed by atoms with E-state index in [-0.39, 0.29) is 11.6 Å². The number of nitro groups is 1. The number of carbonyl (C=O) groups is 1. The van der Waals surface area contributed by atoms with E-state index >= 15 is 0 Å². The van der Waals surface area contributed by atoms with Crippen LogP contribution in [0.3, 0.4) is 0 Å². The van der Waals surface area contributed by atoms with E-state index in [0.29, 0.717) is 22.3 Å². The van der Waals surface area contributed by atoms with Crippen molar-refractivity contribution in [2.45, 2.75) is 13.8 Å². The van der Waals surface area contributed by atoms with Crippen molar-refractivity contribution in [1.29, 1.82) is 0 Å². The van der Waals surface area contributed by atoms with Crippen molar-refractivity contribution >= 4 is 28.3 Å². The summed E-state index contributed by atoms with van der Waals surface area (Å²) in [4.78, 5) is 27.9. The largest absolute Gasteiger partial charge is 0.322 e. The van der Waals surface area contributed by atoms with Crippen molar-refractivity contribution in [3.05, 3.63) is 93.8 Å². The molecule has 144 valence electrons. The SMILES string of the molecule is Cc1ccc(NC(=O)c2ccc3c(c2)nc(C)n3-c2ccccc2)cc1[N+](=O)[O-]. The molecule has 1 amide bonds. The average molecular weight is 386 g/mol. The third-order valence-corrected chi connectivity index (χ3v) is 4.76. The van der Waals surface area contributed by atoms with E-state index in [4.69, 9.17) is 0 Å². The van der Waals surface area contributed by atoms with Crippen LogP contribution in [0.25, 0.3) is 16.7 Å². The van der Waals surface area contributed by atoms with Crippen molar-refractivity contribution in [2.24, 2.45) is 0 Å². The number of nitro benzene ring substituents is 1. The summed E-state index contributed by atoms with van der Waals surface area (Å²) in [7, 11) is 0. The molecule has 7 heteroatoms. The number of aromatic nitrogens is 2. The Morgan fingerprint density at radius 1 is 1.03 bits per heavy atom. The Balaban J connectivity index is 1.66. The highest BCUT2D eigenvalue weighted by molar-refractivity contribution is 6.06. The van der Waals surface area contributed by atoms with Crippen molar-refractivity contribution in [3.63, 3.8) is 0 Å². The van der Waals surface area contributed by atoms with Gasteiger partial charge in [0.25, 0.3) is 11.6 Å². The number of carbonyl (C=O) groups excluding carboxylic acids is 1. The first-order valence-electron chi connectivity index (χ1n) is 9.05. The van der Waals surface area contributed by atoms with Gasteiger partial charge >= 0.3 is 0 Å². The van der Waals surface area contributed by atoms with Crippen LogP contribution in [-0.2, 0) is 0 Å². The lowest BCUT2D eigenvalue weighted by atomic mass is 10.1. The first-order valence-corrected chi connectivity index (χ1v) is 9.05. The van der Waals surface area contributed by atoms with Gasteiger partial charge in [-0.05, 0) is 50.2 Å². The molecule has 0 aliphatic carbocycles. The second kappa shape index (κ2) is 7.20. The summed E-state index contributed by atoms with van der Waals surface area (Å²) in [5, 5.41) is 13.8. The third kappa shape index (κ3) is 3.45. The molecule has 1 N–H and O–H groups in total. The van der Waals surface area contributed by atoms with Crippen LogP contribution < -0.4 is 5.32 Å². The molecule has 0 spiro atoms. The fourth-order valence-corrected chi connectivity index (χ4v) is 3.33. The van der Waals surface area contributed by atoms with E-state index in [1.807, 2.05) is 47.9 Å². The second-order valence-electron chi connectivity index (χ2n) is 6.75. The summed E-state index contributed by atoms with van der Waals surface area (Å²) in [5.41, 5.74) is 3.91. The monoisotopic (exact) mass is 386 g/mol. The van der Waals surface area contributed by atoms with Crippen LogP contribution in [0.5, 0.6) is 0 Å². The molecule has 0 saturated carbocycles. The molecule has 0 atom stereocenters. The lowest BCUT2D eigenvalue weighted by Crippen LogP contribution is -2.12. The van der Waals surface area contributed by atoms with Gasteiger partial charge in [-0.3, -0.25) is 19.5 Å². The number of imidazole rings is 1. The summed E-state index contributed by atoms with van der Waals surface area (Å²) in [6, 6.07) is 19.8. The predicted molar refractivity (Wildman–Crippen MR) is 112 cm³/mol. The van der Waals surface area contributed by atoms with Gasteiger partial charge in [0.1, 0.15) is 5.82 Å². The van der Waals surface area contributed by atoms with Crippen LogP contribution in [-0.4, -0.2) is 20.4 Å². The summed E-state index contributed by atoms with van der Waals surface area (Å²) < 4.78 is 2.03. The Morgan fingerprint density at radius 2 is 1.79 bits per heavy atom. The molecule has 0 saturated heterocycles. The number of para-hydroxylation sites is 1. The van der Waals surface area contributed by atoms with E-state index in [9.17, 15) is 14.9 Å². The fraction of sp³-hybridized carbons (Fsp3) is 0.0909. The molecule has 0 aliphatic rings. The van der Waals surface area contributed by atoms with Gasteiger partial charge < -0.3 is 5.32 Å². The molecular weight excluding hydrogens is 368 g/mol. The smallest absolute Gasteiger partial charge is 0.274 e. The Hall–Kier alpha value is -4.00. The van der Waals surface area contributed by atoms with Gasteiger partial charge in [0, 0.05) is 28.6 Å². The standard InChI is InChI=1S/C22H18N4O3/c1-14-8-10-17(13-21(14)26(28)29)24-22(27)16-9-11-20-19(12-16)23-15(2)25(20)18-6-4-3-5-7-18/h3-13H,1-2H3,(H,24,27). The van der Waals surface area contributed by atoms with Crippen LogP contribution in [0, 0.1) is 24.0 Å². The molecule has 1 heterocycles. The minimum atomic E-state index is -0.462. The van der Waals surface area contributed by atoms with Gasteiger partial charge in [-0.2, -0.15) is 0 Å². The number of benzene rings is 3. The van der Waals surface area contributed by atoms with Gasteiger partial charge in [0.05, 0.1) is 16.0 Å². The summed E-state index contributed by atoms with van der Waals surface area (Å²) in [5.74, 6) is 0.467. The van der Waals surface area contributed by atoms with Crippen molar-refractivity contribution < 1.29 is 9.72 Å². The highest BCUT2D eigenvalue weighted by atomic mass is 16.6. The van der Waals surface area contributed by atoms with Crippen LogP contribution in [0.15, 0.2) is 66.7 Å².